The van der Waals surface area contributed by atoms with Crippen LogP contribution in [0.15, 0.2) is 53.4 Å². The second-order valence-electron chi connectivity index (χ2n) is 6.50. The number of amides is 1. The summed E-state index contributed by atoms with van der Waals surface area (Å²) >= 11 is 0. The number of piperazine rings is 1. The van der Waals surface area contributed by atoms with Crippen molar-refractivity contribution in [3.63, 3.8) is 0 Å². The van der Waals surface area contributed by atoms with Crippen molar-refractivity contribution in [2.45, 2.75) is 18.7 Å². The number of rotatable bonds is 6. The van der Waals surface area contributed by atoms with E-state index in [9.17, 15) is 13.2 Å². The predicted molar refractivity (Wildman–Crippen MR) is 109 cm³/mol. The minimum Gasteiger partial charge on any atom is -0.492 e. The third-order valence-corrected chi connectivity index (χ3v) is 6.45. The van der Waals surface area contributed by atoms with Crippen molar-refractivity contribution in [1.29, 1.82) is 0 Å². The normalized spacial score (nSPS) is 15.3. The molecule has 0 bridgehead atoms. The Morgan fingerprint density at radius 1 is 1.07 bits per heavy atom. The van der Waals surface area contributed by atoms with Crippen molar-refractivity contribution in [2.75, 3.05) is 43.0 Å². The van der Waals surface area contributed by atoms with Gasteiger partial charge in [0.15, 0.2) is 0 Å². The number of hydrogen-bond acceptors (Lipinski definition) is 5. The number of carbonyl (C=O) groups excluding carboxylic acids is 1. The molecule has 1 heterocycles. The molecule has 0 atom stereocenters. The standard InChI is InChI=1S/C20H25N3O4S/c1-3-27-20-10-9-18(15-19(20)21-16(2)24)28(25,26)23-13-11-22(12-14-23)17-7-5-4-6-8-17/h4-10,15H,3,11-14H2,1-2H3,(H,21,24). The zero-order chi connectivity index (χ0) is 20.1. The topological polar surface area (TPSA) is 79.0 Å². The Kier molecular flexibility index (Phi) is 6.21. The highest BCUT2D eigenvalue weighted by Crippen LogP contribution is 2.30. The van der Waals surface area contributed by atoms with Crippen LogP contribution in [0.2, 0.25) is 0 Å². The van der Waals surface area contributed by atoms with Gasteiger partial charge in [0.05, 0.1) is 17.2 Å². The van der Waals surface area contributed by atoms with Gasteiger partial charge in [-0.2, -0.15) is 4.31 Å². The first-order chi connectivity index (χ1) is 13.4. The van der Waals surface area contributed by atoms with Gasteiger partial charge >= 0.3 is 0 Å². The lowest BCUT2D eigenvalue weighted by Gasteiger charge is -2.35. The van der Waals surface area contributed by atoms with E-state index in [1.54, 1.807) is 6.07 Å². The molecule has 0 aliphatic carbocycles. The predicted octanol–water partition coefficient (Wildman–Crippen LogP) is 2.55. The highest BCUT2D eigenvalue weighted by atomic mass is 32.2. The van der Waals surface area contributed by atoms with Gasteiger partial charge in [-0.3, -0.25) is 4.79 Å². The van der Waals surface area contributed by atoms with Crippen molar-refractivity contribution >= 4 is 27.3 Å². The van der Waals surface area contributed by atoms with Gasteiger partial charge < -0.3 is 15.0 Å². The van der Waals surface area contributed by atoms with E-state index in [1.165, 1.54) is 23.4 Å². The molecule has 2 aromatic rings. The van der Waals surface area contributed by atoms with Crippen LogP contribution in [0.25, 0.3) is 0 Å². The van der Waals surface area contributed by atoms with E-state index < -0.39 is 10.0 Å². The van der Waals surface area contributed by atoms with Crippen LogP contribution in [0.3, 0.4) is 0 Å². The average Bonchev–Trinajstić information content (AvgIpc) is 2.70. The van der Waals surface area contributed by atoms with Crippen molar-refractivity contribution in [1.82, 2.24) is 4.31 Å². The summed E-state index contributed by atoms with van der Waals surface area (Å²) in [6, 6.07) is 14.5. The van der Waals surface area contributed by atoms with Crippen LogP contribution >= 0.6 is 0 Å². The van der Waals surface area contributed by atoms with Crippen LogP contribution in [-0.2, 0) is 14.8 Å². The Morgan fingerprint density at radius 2 is 1.75 bits per heavy atom. The number of anilines is 2. The van der Waals surface area contributed by atoms with E-state index in [0.29, 0.717) is 44.2 Å². The van der Waals surface area contributed by atoms with Crippen molar-refractivity contribution < 1.29 is 17.9 Å². The van der Waals surface area contributed by atoms with Gasteiger partial charge in [0.25, 0.3) is 0 Å². The molecule has 0 radical (unpaired) electrons. The van der Waals surface area contributed by atoms with Gasteiger partial charge in [-0.1, -0.05) is 18.2 Å². The summed E-state index contributed by atoms with van der Waals surface area (Å²) in [6.07, 6.45) is 0. The first kappa shape index (κ1) is 20.2. The molecule has 1 saturated heterocycles. The molecule has 1 aliphatic rings. The lowest BCUT2D eigenvalue weighted by atomic mass is 10.2. The molecule has 0 saturated carbocycles. The Labute approximate surface area is 166 Å². The van der Waals surface area contributed by atoms with Gasteiger partial charge in [-0.25, -0.2) is 8.42 Å². The summed E-state index contributed by atoms with van der Waals surface area (Å²) < 4.78 is 33.2. The molecule has 150 valence electrons. The maximum Gasteiger partial charge on any atom is 0.243 e. The number of nitrogens with zero attached hydrogens (tertiary/aromatic N) is 2. The van der Waals surface area contributed by atoms with E-state index in [4.69, 9.17) is 4.74 Å². The summed E-state index contributed by atoms with van der Waals surface area (Å²) in [6.45, 7) is 5.67. The van der Waals surface area contributed by atoms with Crippen molar-refractivity contribution in [3.05, 3.63) is 48.5 Å². The van der Waals surface area contributed by atoms with Crippen molar-refractivity contribution in [2.24, 2.45) is 0 Å². The van der Waals surface area contributed by atoms with Crippen LogP contribution in [0.4, 0.5) is 11.4 Å². The SMILES string of the molecule is CCOc1ccc(S(=O)(=O)N2CCN(c3ccccc3)CC2)cc1NC(C)=O. The summed E-state index contributed by atoms with van der Waals surface area (Å²) in [5, 5.41) is 2.65. The van der Waals surface area contributed by atoms with Gasteiger partial charge in [0.2, 0.25) is 15.9 Å². The maximum atomic E-state index is 13.1. The highest BCUT2D eigenvalue weighted by molar-refractivity contribution is 7.89. The van der Waals surface area contributed by atoms with Gasteiger partial charge in [0, 0.05) is 38.8 Å². The molecule has 0 unspecified atom stereocenters. The van der Waals surface area contributed by atoms with E-state index in [-0.39, 0.29) is 10.8 Å². The van der Waals surface area contributed by atoms with Crippen molar-refractivity contribution in [3.8, 4) is 5.75 Å². The van der Waals surface area contributed by atoms with E-state index in [0.717, 1.165) is 5.69 Å². The molecule has 1 fully saturated rings. The number of sulfonamides is 1. The Morgan fingerprint density at radius 3 is 2.36 bits per heavy atom. The average molecular weight is 404 g/mol. The van der Waals surface area contributed by atoms with Gasteiger partial charge in [-0.05, 0) is 37.3 Å². The second-order valence-corrected chi connectivity index (χ2v) is 8.44. The zero-order valence-electron chi connectivity index (χ0n) is 16.1. The lowest BCUT2D eigenvalue weighted by Crippen LogP contribution is -2.48. The minimum atomic E-state index is -3.66. The number of benzene rings is 2. The maximum absolute atomic E-state index is 13.1. The number of hydrogen-bond donors (Lipinski definition) is 1. The number of nitrogens with one attached hydrogen (secondary N) is 1. The van der Waals surface area contributed by atoms with Gasteiger partial charge in [-0.15, -0.1) is 0 Å². The Bertz CT molecular complexity index is 924. The summed E-state index contributed by atoms with van der Waals surface area (Å²) in [7, 11) is -3.66. The fraction of sp³-hybridized carbons (Fsp3) is 0.350. The van der Waals surface area contributed by atoms with Gasteiger partial charge in [0.1, 0.15) is 5.75 Å². The minimum absolute atomic E-state index is 0.146. The quantitative estimate of drug-likeness (QED) is 0.802. The van der Waals surface area contributed by atoms with Crippen LogP contribution < -0.4 is 15.0 Å². The molecule has 2 aromatic carbocycles. The molecule has 28 heavy (non-hydrogen) atoms. The van der Waals surface area contributed by atoms with Crippen LogP contribution in [0.5, 0.6) is 5.75 Å². The molecule has 0 spiro atoms. The molecule has 8 heteroatoms. The molecular weight excluding hydrogens is 378 g/mol. The third kappa shape index (κ3) is 4.45. The molecule has 1 N–H and O–H groups in total. The number of carbonyl (C=O) groups is 1. The monoisotopic (exact) mass is 403 g/mol. The lowest BCUT2D eigenvalue weighted by molar-refractivity contribution is -0.114. The highest BCUT2D eigenvalue weighted by Gasteiger charge is 2.29. The molecule has 3 rings (SSSR count). The number of para-hydroxylation sites is 1. The molecular formula is C20H25N3O4S. The molecule has 1 aliphatic heterocycles. The molecule has 7 nitrogen and oxygen atoms in total. The summed E-state index contributed by atoms with van der Waals surface area (Å²) in [4.78, 5) is 13.8. The Hall–Kier alpha value is -2.58. The van der Waals surface area contributed by atoms with E-state index >= 15 is 0 Å². The molecule has 0 aromatic heterocycles. The fourth-order valence-corrected chi connectivity index (χ4v) is 4.66. The first-order valence-electron chi connectivity index (χ1n) is 9.26. The second kappa shape index (κ2) is 8.62. The van der Waals surface area contributed by atoms with Crippen LogP contribution in [-0.4, -0.2) is 51.4 Å². The molecule has 1 amide bonds. The first-order valence-corrected chi connectivity index (χ1v) is 10.7. The van der Waals surface area contributed by atoms with E-state index in [1.807, 2.05) is 37.3 Å². The number of ether oxygens (including phenoxy) is 1. The summed E-state index contributed by atoms with van der Waals surface area (Å²) in [5.41, 5.74) is 1.45. The third-order valence-electron chi connectivity index (χ3n) is 4.56. The fourth-order valence-electron chi connectivity index (χ4n) is 3.21. The largest absolute Gasteiger partial charge is 0.492 e. The van der Waals surface area contributed by atoms with Crippen LogP contribution in [0.1, 0.15) is 13.8 Å². The van der Waals surface area contributed by atoms with Crippen LogP contribution in [0, 0.1) is 0 Å². The Balaban J connectivity index is 1.78. The zero-order valence-corrected chi connectivity index (χ0v) is 16.9. The summed E-state index contributed by atoms with van der Waals surface area (Å²) in [5.74, 6) is 0.164. The smallest absolute Gasteiger partial charge is 0.243 e. The van der Waals surface area contributed by atoms with E-state index in [2.05, 4.69) is 10.2 Å².